The highest BCUT2D eigenvalue weighted by Crippen LogP contribution is 2.05. The molecule has 0 fully saturated rings. The quantitative estimate of drug-likeness (QED) is 0.847. The monoisotopic (exact) mass is 216 g/mol. The first-order chi connectivity index (χ1) is 7.75. The van der Waals surface area contributed by atoms with Gasteiger partial charge in [0.05, 0.1) is 5.69 Å². The summed E-state index contributed by atoms with van der Waals surface area (Å²) in [6, 6.07) is 6.48. The number of aromatic nitrogens is 3. The van der Waals surface area contributed by atoms with Gasteiger partial charge in [0.1, 0.15) is 12.1 Å². The van der Waals surface area contributed by atoms with E-state index < -0.39 is 0 Å². The first kappa shape index (κ1) is 10.8. The number of pyridine rings is 1. The Kier molecular flexibility index (Phi) is 3.31. The molecule has 84 valence electrons. The van der Waals surface area contributed by atoms with Crippen LogP contribution in [-0.4, -0.2) is 20.6 Å². The van der Waals surface area contributed by atoms with E-state index in [2.05, 4.69) is 29.1 Å². The molecule has 1 N–H and O–H groups in total. The van der Waals surface area contributed by atoms with E-state index in [1.54, 1.807) is 12.5 Å². The zero-order valence-electron chi connectivity index (χ0n) is 9.59. The standard InChI is InChI=1S/C12H16N4/c1-10(2)14-8-11-4-3-5-12(15-11)16-7-6-13-9-16/h3-7,9-10,14H,8H2,1-2H3. The van der Waals surface area contributed by atoms with Crippen LogP contribution in [0.2, 0.25) is 0 Å². The molecule has 2 aromatic heterocycles. The maximum atomic E-state index is 4.55. The van der Waals surface area contributed by atoms with E-state index in [0.29, 0.717) is 6.04 Å². The number of rotatable bonds is 4. The van der Waals surface area contributed by atoms with Crippen molar-refractivity contribution < 1.29 is 0 Å². The Balaban J connectivity index is 2.14. The first-order valence-electron chi connectivity index (χ1n) is 5.43. The fraction of sp³-hybridized carbons (Fsp3) is 0.333. The lowest BCUT2D eigenvalue weighted by Gasteiger charge is -2.08. The molecule has 16 heavy (non-hydrogen) atoms. The third-order valence-corrected chi connectivity index (χ3v) is 2.25. The summed E-state index contributed by atoms with van der Waals surface area (Å²) in [6.45, 7) is 5.04. The SMILES string of the molecule is CC(C)NCc1cccc(-n2ccnc2)n1. The van der Waals surface area contributed by atoms with Crippen LogP contribution in [0, 0.1) is 0 Å². The van der Waals surface area contributed by atoms with Gasteiger partial charge < -0.3 is 5.32 Å². The average Bonchev–Trinajstić information content (AvgIpc) is 2.80. The van der Waals surface area contributed by atoms with Gasteiger partial charge in [-0.3, -0.25) is 4.57 Å². The molecule has 0 bridgehead atoms. The summed E-state index contributed by atoms with van der Waals surface area (Å²) in [7, 11) is 0. The molecule has 4 heteroatoms. The molecule has 0 aromatic carbocycles. The van der Waals surface area contributed by atoms with Gasteiger partial charge in [-0.25, -0.2) is 9.97 Å². The molecule has 0 amide bonds. The topological polar surface area (TPSA) is 42.7 Å². The Labute approximate surface area is 95.4 Å². The lowest BCUT2D eigenvalue weighted by Crippen LogP contribution is -2.22. The summed E-state index contributed by atoms with van der Waals surface area (Å²) in [5.41, 5.74) is 1.04. The van der Waals surface area contributed by atoms with Crippen molar-refractivity contribution in [2.45, 2.75) is 26.4 Å². The zero-order chi connectivity index (χ0) is 11.4. The van der Waals surface area contributed by atoms with Gasteiger partial charge >= 0.3 is 0 Å². The van der Waals surface area contributed by atoms with E-state index in [4.69, 9.17) is 0 Å². The van der Waals surface area contributed by atoms with Gasteiger partial charge in [-0.1, -0.05) is 19.9 Å². The molecular weight excluding hydrogens is 200 g/mol. The second-order valence-corrected chi connectivity index (χ2v) is 3.99. The summed E-state index contributed by atoms with van der Waals surface area (Å²) in [5.74, 6) is 0.903. The molecule has 0 aliphatic rings. The number of hydrogen-bond acceptors (Lipinski definition) is 3. The highest BCUT2D eigenvalue weighted by atomic mass is 15.1. The van der Waals surface area contributed by atoms with Gasteiger partial charge in [0.2, 0.25) is 0 Å². The molecule has 0 aliphatic heterocycles. The second-order valence-electron chi connectivity index (χ2n) is 3.99. The predicted octanol–water partition coefficient (Wildman–Crippen LogP) is 1.77. The highest BCUT2D eigenvalue weighted by Gasteiger charge is 2.00. The number of imidazole rings is 1. The molecule has 0 spiro atoms. The van der Waals surface area contributed by atoms with Crippen molar-refractivity contribution >= 4 is 0 Å². The van der Waals surface area contributed by atoms with E-state index in [0.717, 1.165) is 18.1 Å². The zero-order valence-corrected chi connectivity index (χ0v) is 9.59. The van der Waals surface area contributed by atoms with Crippen molar-refractivity contribution in [1.29, 1.82) is 0 Å². The Bertz CT molecular complexity index is 434. The van der Waals surface area contributed by atoms with Gasteiger partial charge in [0.15, 0.2) is 0 Å². The Morgan fingerprint density at radius 3 is 2.94 bits per heavy atom. The molecule has 0 unspecified atom stereocenters. The summed E-state index contributed by atoms with van der Waals surface area (Å²) < 4.78 is 1.90. The summed E-state index contributed by atoms with van der Waals surface area (Å²) in [5, 5.41) is 3.35. The summed E-state index contributed by atoms with van der Waals surface area (Å²) >= 11 is 0. The maximum Gasteiger partial charge on any atom is 0.138 e. The molecule has 0 saturated heterocycles. The van der Waals surface area contributed by atoms with Gasteiger partial charge in [0.25, 0.3) is 0 Å². The molecule has 0 radical (unpaired) electrons. The Morgan fingerprint density at radius 2 is 2.25 bits per heavy atom. The van der Waals surface area contributed by atoms with Crippen LogP contribution in [0.1, 0.15) is 19.5 Å². The molecule has 0 saturated carbocycles. The van der Waals surface area contributed by atoms with Gasteiger partial charge in [0, 0.05) is 25.0 Å². The fourth-order valence-electron chi connectivity index (χ4n) is 1.41. The molecule has 0 aliphatic carbocycles. The van der Waals surface area contributed by atoms with E-state index in [1.807, 2.05) is 29.0 Å². The van der Waals surface area contributed by atoms with Gasteiger partial charge in [-0.05, 0) is 12.1 Å². The minimum absolute atomic E-state index is 0.471. The molecule has 2 rings (SSSR count). The number of nitrogens with zero attached hydrogens (tertiary/aromatic N) is 3. The van der Waals surface area contributed by atoms with Crippen LogP contribution in [0.3, 0.4) is 0 Å². The van der Waals surface area contributed by atoms with Crippen LogP contribution in [0.5, 0.6) is 0 Å². The van der Waals surface area contributed by atoms with Crippen molar-refractivity contribution in [1.82, 2.24) is 19.9 Å². The van der Waals surface area contributed by atoms with Crippen molar-refractivity contribution in [2.75, 3.05) is 0 Å². The molecule has 2 heterocycles. The van der Waals surface area contributed by atoms with Crippen molar-refractivity contribution in [3.05, 3.63) is 42.6 Å². The number of nitrogens with one attached hydrogen (secondary N) is 1. The minimum atomic E-state index is 0.471. The van der Waals surface area contributed by atoms with Crippen LogP contribution in [0.15, 0.2) is 36.9 Å². The highest BCUT2D eigenvalue weighted by molar-refractivity contribution is 5.24. The normalized spacial score (nSPS) is 10.9. The average molecular weight is 216 g/mol. The van der Waals surface area contributed by atoms with Crippen LogP contribution in [0.25, 0.3) is 5.82 Å². The first-order valence-corrected chi connectivity index (χ1v) is 5.43. The maximum absolute atomic E-state index is 4.55. The largest absolute Gasteiger partial charge is 0.309 e. The Morgan fingerprint density at radius 1 is 1.38 bits per heavy atom. The van der Waals surface area contributed by atoms with Crippen molar-refractivity contribution in [3.63, 3.8) is 0 Å². The molecule has 4 nitrogen and oxygen atoms in total. The van der Waals surface area contributed by atoms with E-state index in [9.17, 15) is 0 Å². The van der Waals surface area contributed by atoms with Crippen LogP contribution in [0.4, 0.5) is 0 Å². The lowest BCUT2D eigenvalue weighted by molar-refractivity contribution is 0.581. The second kappa shape index (κ2) is 4.90. The van der Waals surface area contributed by atoms with Crippen molar-refractivity contribution in [2.24, 2.45) is 0 Å². The summed E-state index contributed by atoms with van der Waals surface area (Å²) in [6.07, 6.45) is 5.39. The van der Waals surface area contributed by atoms with Crippen LogP contribution < -0.4 is 5.32 Å². The Hall–Kier alpha value is -1.68. The summed E-state index contributed by atoms with van der Waals surface area (Å²) in [4.78, 5) is 8.56. The lowest BCUT2D eigenvalue weighted by atomic mass is 10.3. The van der Waals surface area contributed by atoms with E-state index in [1.165, 1.54) is 0 Å². The minimum Gasteiger partial charge on any atom is -0.309 e. The third-order valence-electron chi connectivity index (χ3n) is 2.25. The van der Waals surface area contributed by atoms with E-state index >= 15 is 0 Å². The third kappa shape index (κ3) is 2.67. The van der Waals surface area contributed by atoms with Crippen LogP contribution >= 0.6 is 0 Å². The van der Waals surface area contributed by atoms with E-state index in [-0.39, 0.29) is 0 Å². The smallest absolute Gasteiger partial charge is 0.138 e. The van der Waals surface area contributed by atoms with Crippen LogP contribution in [-0.2, 0) is 6.54 Å². The molecule has 2 aromatic rings. The molecular formula is C12H16N4. The van der Waals surface area contributed by atoms with Gasteiger partial charge in [-0.2, -0.15) is 0 Å². The van der Waals surface area contributed by atoms with Crippen molar-refractivity contribution in [3.8, 4) is 5.82 Å². The predicted molar refractivity (Wildman–Crippen MR) is 63.3 cm³/mol. The molecule has 0 atom stereocenters. The van der Waals surface area contributed by atoms with Gasteiger partial charge in [-0.15, -0.1) is 0 Å². The fourth-order valence-corrected chi connectivity index (χ4v) is 1.41. The number of hydrogen-bond donors (Lipinski definition) is 1.